The van der Waals surface area contributed by atoms with Crippen LogP contribution in [-0.4, -0.2) is 40.9 Å². The number of hydrogen-bond acceptors (Lipinski definition) is 3. The Balaban J connectivity index is 1.52. The summed E-state index contributed by atoms with van der Waals surface area (Å²) in [6, 6.07) is 11.1. The highest BCUT2D eigenvalue weighted by Crippen LogP contribution is 2.08. The van der Waals surface area contributed by atoms with E-state index >= 15 is 0 Å². The fourth-order valence-electron chi connectivity index (χ4n) is 2.72. The molecule has 4 heteroatoms. The van der Waals surface area contributed by atoms with Gasteiger partial charge in [-0.2, -0.15) is 5.10 Å². The zero-order valence-corrected chi connectivity index (χ0v) is 12.0. The summed E-state index contributed by atoms with van der Waals surface area (Å²) in [4.78, 5) is 2.37. The molecule has 106 valence electrons. The maximum atomic E-state index is 4.44. The molecule has 2 aromatic rings. The molecule has 1 fully saturated rings. The van der Waals surface area contributed by atoms with Gasteiger partial charge in [0.2, 0.25) is 0 Å². The van der Waals surface area contributed by atoms with E-state index < -0.39 is 0 Å². The molecule has 1 aliphatic heterocycles. The highest BCUT2D eigenvalue weighted by Gasteiger charge is 2.18. The minimum Gasteiger partial charge on any atom is -0.308 e. The van der Waals surface area contributed by atoms with Gasteiger partial charge < -0.3 is 10.2 Å². The van der Waals surface area contributed by atoms with Gasteiger partial charge in [0, 0.05) is 30.9 Å². The van der Waals surface area contributed by atoms with E-state index in [2.05, 4.69) is 52.8 Å². The molecule has 0 radical (unpaired) electrons. The van der Waals surface area contributed by atoms with Gasteiger partial charge >= 0.3 is 0 Å². The highest BCUT2D eigenvalue weighted by atomic mass is 15.3. The standard InChI is InChI=1S/C16H22N4/c1-19-8-7-16(13-19)17-9-15-10-18-20(12-15)11-14-5-3-2-4-6-14/h2-6,10,12,16-17H,7-9,11,13H2,1H3. The molecule has 0 saturated carbocycles. The van der Waals surface area contributed by atoms with Crippen molar-refractivity contribution in [2.45, 2.75) is 25.6 Å². The number of nitrogens with one attached hydrogen (secondary N) is 1. The van der Waals surface area contributed by atoms with Crippen LogP contribution in [0.4, 0.5) is 0 Å². The van der Waals surface area contributed by atoms with E-state index in [0.717, 1.165) is 19.6 Å². The molecule has 1 unspecified atom stereocenters. The molecule has 0 amide bonds. The van der Waals surface area contributed by atoms with Gasteiger partial charge in [0.25, 0.3) is 0 Å². The van der Waals surface area contributed by atoms with Crippen molar-refractivity contribution in [1.29, 1.82) is 0 Å². The zero-order chi connectivity index (χ0) is 13.8. The molecular weight excluding hydrogens is 248 g/mol. The Hall–Kier alpha value is -1.65. The van der Waals surface area contributed by atoms with E-state index in [9.17, 15) is 0 Å². The minimum absolute atomic E-state index is 0.623. The second-order valence-corrected chi connectivity index (χ2v) is 5.66. The Labute approximate surface area is 120 Å². The van der Waals surface area contributed by atoms with E-state index in [1.807, 2.05) is 16.9 Å². The number of likely N-dealkylation sites (tertiary alicyclic amines) is 1. The summed E-state index contributed by atoms with van der Waals surface area (Å²) in [5.41, 5.74) is 2.54. The smallest absolute Gasteiger partial charge is 0.0659 e. The first-order valence-corrected chi connectivity index (χ1v) is 7.27. The summed E-state index contributed by atoms with van der Waals surface area (Å²) in [7, 11) is 2.18. The van der Waals surface area contributed by atoms with Gasteiger partial charge in [-0.1, -0.05) is 30.3 Å². The van der Waals surface area contributed by atoms with Crippen molar-refractivity contribution in [1.82, 2.24) is 20.0 Å². The van der Waals surface area contributed by atoms with Crippen LogP contribution >= 0.6 is 0 Å². The number of nitrogens with zero attached hydrogens (tertiary/aromatic N) is 3. The molecule has 1 saturated heterocycles. The van der Waals surface area contributed by atoms with Crippen LogP contribution < -0.4 is 5.32 Å². The van der Waals surface area contributed by atoms with Crippen molar-refractivity contribution in [3.63, 3.8) is 0 Å². The fraction of sp³-hybridized carbons (Fsp3) is 0.438. The molecule has 0 bridgehead atoms. The van der Waals surface area contributed by atoms with E-state index in [4.69, 9.17) is 0 Å². The van der Waals surface area contributed by atoms with Gasteiger partial charge in [-0.15, -0.1) is 0 Å². The van der Waals surface area contributed by atoms with Crippen molar-refractivity contribution < 1.29 is 0 Å². The molecule has 1 atom stereocenters. The van der Waals surface area contributed by atoms with Gasteiger partial charge in [-0.25, -0.2) is 0 Å². The van der Waals surface area contributed by atoms with Crippen LogP contribution in [0.3, 0.4) is 0 Å². The van der Waals surface area contributed by atoms with Crippen LogP contribution in [0.15, 0.2) is 42.7 Å². The summed E-state index contributed by atoms with van der Waals surface area (Å²) in [6.45, 7) is 4.10. The Bertz CT molecular complexity index is 534. The van der Waals surface area contributed by atoms with Crippen LogP contribution in [0.1, 0.15) is 17.5 Å². The van der Waals surface area contributed by atoms with Gasteiger partial charge in [-0.05, 0) is 25.6 Å². The fourth-order valence-corrected chi connectivity index (χ4v) is 2.72. The number of hydrogen-bond donors (Lipinski definition) is 1. The van der Waals surface area contributed by atoms with E-state index in [1.54, 1.807) is 0 Å². The van der Waals surface area contributed by atoms with Crippen LogP contribution in [0.5, 0.6) is 0 Å². The molecule has 20 heavy (non-hydrogen) atoms. The Morgan fingerprint density at radius 2 is 2.10 bits per heavy atom. The summed E-state index contributed by atoms with van der Waals surface area (Å²) in [5.74, 6) is 0. The number of rotatable bonds is 5. The third-order valence-corrected chi connectivity index (χ3v) is 3.86. The molecule has 1 aromatic carbocycles. The Morgan fingerprint density at radius 3 is 2.85 bits per heavy atom. The molecular formula is C16H22N4. The molecule has 4 nitrogen and oxygen atoms in total. The van der Waals surface area contributed by atoms with Crippen LogP contribution in [0.25, 0.3) is 0 Å². The summed E-state index contributed by atoms with van der Waals surface area (Å²) in [6.07, 6.45) is 5.35. The predicted molar refractivity (Wildman–Crippen MR) is 80.5 cm³/mol. The van der Waals surface area contributed by atoms with Gasteiger partial charge in [0.05, 0.1) is 12.7 Å². The average molecular weight is 270 g/mol. The Morgan fingerprint density at radius 1 is 1.25 bits per heavy atom. The van der Waals surface area contributed by atoms with E-state index in [0.29, 0.717) is 6.04 Å². The monoisotopic (exact) mass is 270 g/mol. The summed E-state index contributed by atoms with van der Waals surface area (Å²) >= 11 is 0. The number of benzene rings is 1. The first-order valence-electron chi connectivity index (χ1n) is 7.27. The maximum Gasteiger partial charge on any atom is 0.0659 e. The lowest BCUT2D eigenvalue weighted by atomic mass is 10.2. The van der Waals surface area contributed by atoms with Gasteiger partial charge in [0.1, 0.15) is 0 Å². The quantitative estimate of drug-likeness (QED) is 0.898. The molecule has 3 rings (SSSR count). The number of likely N-dealkylation sites (N-methyl/N-ethyl adjacent to an activating group) is 1. The lowest BCUT2D eigenvalue weighted by Gasteiger charge is -2.11. The molecule has 0 spiro atoms. The number of aromatic nitrogens is 2. The second kappa shape index (κ2) is 6.20. The van der Waals surface area contributed by atoms with Crippen molar-refractivity contribution >= 4 is 0 Å². The largest absolute Gasteiger partial charge is 0.308 e. The molecule has 0 aliphatic carbocycles. The van der Waals surface area contributed by atoms with Crippen molar-refractivity contribution in [2.24, 2.45) is 0 Å². The third-order valence-electron chi connectivity index (χ3n) is 3.86. The van der Waals surface area contributed by atoms with Crippen LogP contribution in [0.2, 0.25) is 0 Å². The first kappa shape index (κ1) is 13.3. The van der Waals surface area contributed by atoms with Crippen LogP contribution in [0, 0.1) is 0 Å². The molecule has 1 N–H and O–H groups in total. The predicted octanol–water partition coefficient (Wildman–Crippen LogP) is 1.73. The maximum absolute atomic E-state index is 4.44. The third kappa shape index (κ3) is 3.46. The normalized spacial score (nSPS) is 19.6. The topological polar surface area (TPSA) is 33.1 Å². The van der Waals surface area contributed by atoms with Crippen molar-refractivity contribution in [2.75, 3.05) is 20.1 Å². The average Bonchev–Trinajstić information content (AvgIpc) is 3.07. The van der Waals surface area contributed by atoms with Gasteiger partial charge in [-0.3, -0.25) is 4.68 Å². The first-order chi connectivity index (χ1) is 9.79. The van der Waals surface area contributed by atoms with Crippen molar-refractivity contribution in [3.8, 4) is 0 Å². The second-order valence-electron chi connectivity index (χ2n) is 5.66. The Kier molecular flexibility index (Phi) is 4.14. The highest BCUT2D eigenvalue weighted by molar-refractivity contribution is 5.15. The summed E-state index contributed by atoms with van der Waals surface area (Å²) < 4.78 is 2.01. The molecule has 1 aromatic heterocycles. The minimum atomic E-state index is 0.623. The van der Waals surface area contributed by atoms with Gasteiger partial charge in [0.15, 0.2) is 0 Å². The zero-order valence-electron chi connectivity index (χ0n) is 12.0. The lowest BCUT2D eigenvalue weighted by Crippen LogP contribution is -2.30. The van der Waals surface area contributed by atoms with Crippen LogP contribution in [-0.2, 0) is 13.1 Å². The van der Waals surface area contributed by atoms with E-state index in [1.165, 1.54) is 24.1 Å². The summed E-state index contributed by atoms with van der Waals surface area (Å²) in [5, 5.41) is 8.05. The molecule has 2 heterocycles. The molecule has 1 aliphatic rings. The van der Waals surface area contributed by atoms with Crippen molar-refractivity contribution in [3.05, 3.63) is 53.9 Å². The lowest BCUT2D eigenvalue weighted by molar-refractivity contribution is 0.397. The van der Waals surface area contributed by atoms with E-state index in [-0.39, 0.29) is 0 Å². The SMILES string of the molecule is CN1CCC(NCc2cnn(Cc3ccccc3)c2)C1.